The van der Waals surface area contributed by atoms with E-state index in [1.165, 1.54) is 5.56 Å². The molecule has 0 saturated heterocycles. The fourth-order valence-electron chi connectivity index (χ4n) is 2.15. The predicted octanol–water partition coefficient (Wildman–Crippen LogP) is 4.05. The van der Waals surface area contributed by atoms with Crippen LogP contribution in [0.15, 0.2) is 24.5 Å². The molecule has 0 aliphatic heterocycles. The zero-order valence-electron chi connectivity index (χ0n) is 13.3. The van der Waals surface area contributed by atoms with Crippen LogP contribution in [0.3, 0.4) is 0 Å². The standard InChI is InChI=1S/C17H24N4/c1-5-8-19-16-10-15(12(3)4)20-17(21-16)14-7-9-18-11-13(14)6-2/h7,9-12H,5-6,8H2,1-4H3,(H,19,20,21). The van der Waals surface area contributed by atoms with Crippen LogP contribution < -0.4 is 5.32 Å². The first-order valence-electron chi connectivity index (χ1n) is 7.71. The molecule has 0 amide bonds. The maximum absolute atomic E-state index is 4.74. The van der Waals surface area contributed by atoms with Crippen molar-refractivity contribution in [2.75, 3.05) is 11.9 Å². The minimum Gasteiger partial charge on any atom is -0.370 e. The number of nitrogens with zero attached hydrogens (tertiary/aromatic N) is 3. The first-order chi connectivity index (χ1) is 10.2. The zero-order chi connectivity index (χ0) is 15.2. The summed E-state index contributed by atoms with van der Waals surface area (Å²) in [4.78, 5) is 13.6. The first-order valence-corrected chi connectivity index (χ1v) is 7.71. The summed E-state index contributed by atoms with van der Waals surface area (Å²) in [5, 5.41) is 3.37. The number of hydrogen-bond donors (Lipinski definition) is 1. The summed E-state index contributed by atoms with van der Waals surface area (Å²) in [7, 11) is 0. The lowest BCUT2D eigenvalue weighted by molar-refractivity contribution is 0.815. The lowest BCUT2D eigenvalue weighted by Crippen LogP contribution is -2.07. The van der Waals surface area contributed by atoms with Crippen molar-refractivity contribution in [3.8, 4) is 11.4 Å². The van der Waals surface area contributed by atoms with Gasteiger partial charge in [0, 0.05) is 36.3 Å². The van der Waals surface area contributed by atoms with Crippen molar-refractivity contribution in [3.63, 3.8) is 0 Å². The Morgan fingerprint density at radius 2 is 2.00 bits per heavy atom. The van der Waals surface area contributed by atoms with Gasteiger partial charge >= 0.3 is 0 Å². The van der Waals surface area contributed by atoms with Crippen molar-refractivity contribution in [2.24, 2.45) is 0 Å². The highest BCUT2D eigenvalue weighted by Gasteiger charge is 2.12. The summed E-state index contributed by atoms with van der Waals surface area (Å²) in [6, 6.07) is 4.05. The third-order valence-corrected chi connectivity index (χ3v) is 3.42. The van der Waals surface area contributed by atoms with Gasteiger partial charge in [0.15, 0.2) is 5.82 Å². The number of aryl methyl sites for hydroxylation is 1. The van der Waals surface area contributed by atoms with E-state index in [9.17, 15) is 0 Å². The molecule has 0 fully saturated rings. The molecule has 4 heteroatoms. The smallest absolute Gasteiger partial charge is 0.162 e. The van der Waals surface area contributed by atoms with Gasteiger partial charge in [-0.15, -0.1) is 0 Å². The first kappa shape index (κ1) is 15.4. The van der Waals surface area contributed by atoms with Crippen molar-refractivity contribution in [1.29, 1.82) is 0 Å². The Kier molecular flexibility index (Phi) is 5.26. The van der Waals surface area contributed by atoms with E-state index in [2.05, 4.69) is 49.0 Å². The van der Waals surface area contributed by atoms with Crippen LogP contribution in [-0.4, -0.2) is 21.5 Å². The molecule has 112 valence electrons. The maximum Gasteiger partial charge on any atom is 0.162 e. The van der Waals surface area contributed by atoms with Gasteiger partial charge < -0.3 is 5.32 Å². The molecule has 0 spiro atoms. The molecule has 0 aromatic carbocycles. The Morgan fingerprint density at radius 1 is 1.19 bits per heavy atom. The largest absolute Gasteiger partial charge is 0.370 e. The van der Waals surface area contributed by atoms with Crippen LogP contribution in [0.2, 0.25) is 0 Å². The molecular weight excluding hydrogens is 260 g/mol. The van der Waals surface area contributed by atoms with Gasteiger partial charge in [-0.3, -0.25) is 4.98 Å². The minimum atomic E-state index is 0.376. The highest BCUT2D eigenvalue weighted by atomic mass is 15.0. The number of aromatic nitrogens is 3. The summed E-state index contributed by atoms with van der Waals surface area (Å²) in [5.74, 6) is 2.07. The monoisotopic (exact) mass is 284 g/mol. The van der Waals surface area contributed by atoms with E-state index in [0.29, 0.717) is 5.92 Å². The third kappa shape index (κ3) is 3.78. The number of nitrogens with one attached hydrogen (secondary N) is 1. The predicted molar refractivity (Wildman–Crippen MR) is 87.5 cm³/mol. The third-order valence-electron chi connectivity index (χ3n) is 3.42. The van der Waals surface area contributed by atoms with Crippen molar-refractivity contribution < 1.29 is 0 Å². The quantitative estimate of drug-likeness (QED) is 0.869. The zero-order valence-corrected chi connectivity index (χ0v) is 13.3. The molecule has 2 heterocycles. The Bertz CT molecular complexity index is 593. The average molecular weight is 284 g/mol. The highest BCUT2D eigenvalue weighted by Crippen LogP contribution is 2.24. The molecule has 0 saturated carbocycles. The van der Waals surface area contributed by atoms with Gasteiger partial charge in [0.05, 0.1) is 0 Å². The van der Waals surface area contributed by atoms with Crippen molar-refractivity contribution in [1.82, 2.24) is 15.0 Å². The Morgan fingerprint density at radius 3 is 2.67 bits per heavy atom. The second kappa shape index (κ2) is 7.16. The lowest BCUT2D eigenvalue weighted by Gasteiger charge is -2.13. The van der Waals surface area contributed by atoms with Gasteiger partial charge in [0.25, 0.3) is 0 Å². The summed E-state index contributed by atoms with van der Waals surface area (Å²) in [6.07, 6.45) is 5.71. The molecule has 2 rings (SSSR count). The lowest BCUT2D eigenvalue weighted by atomic mass is 10.1. The summed E-state index contributed by atoms with van der Waals surface area (Å²) >= 11 is 0. The minimum absolute atomic E-state index is 0.376. The molecule has 4 nitrogen and oxygen atoms in total. The Balaban J connectivity index is 2.48. The number of rotatable bonds is 6. The molecule has 0 atom stereocenters. The fourth-order valence-corrected chi connectivity index (χ4v) is 2.15. The van der Waals surface area contributed by atoms with Gasteiger partial charge in [-0.2, -0.15) is 0 Å². The van der Waals surface area contributed by atoms with E-state index in [1.807, 2.05) is 12.3 Å². The molecule has 1 N–H and O–H groups in total. The molecular formula is C17H24N4. The molecule has 0 unspecified atom stereocenters. The highest BCUT2D eigenvalue weighted by molar-refractivity contribution is 5.61. The number of anilines is 1. The molecule has 2 aromatic heterocycles. The Hall–Kier alpha value is -1.97. The van der Waals surface area contributed by atoms with Crippen molar-refractivity contribution in [2.45, 2.75) is 46.5 Å². The molecule has 0 bridgehead atoms. The average Bonchev–Trinajstić information content (AvgIpc) is 2.52. The van der Waals surface area contributed by atoms with Crippen molar-refractivity contribution >= 4 is 5.82 Å². The van der Waals surface area contributed by atoms with Crippen LogP contribution in [0.1, 0.15) is 51.3 Å². The van der Waals surface area contributed by atoms with Gasteiger partial charge in [-0.25, -0.2) is 9.97 Å². The molecule has 0 aliphatic carbocycles. The van der Waals surface area contributed by atoms with E-state index in [0.717, 1.165) is 42.3 Å². The molecule has 21 heavy (non-hydrogen) atoms. The molecule has 2 aromatic rings. The van der Waals surface area contributed by atoms with Crippen LogP contribution in [-0.2, 0) is 6.42 Å². The van der Waals surface area contributed by atoms with E-state index in [4.69, 9.17) is 4.98 Å². The van der Waals surface area contributed by atoms with Crippen molar-refractivity contribution in [3.05, 3.63) is 35.8 Å². The SMILES string of the molecule is CCCNc1cc(C(C)C)nc(-c2ccncc2CC)n1. The van der Waals surface area contributed by atoms with Crippen LogP contribution >= 0.6 is 0 Å². The normalized spacial score (nSPS) is 10.9. The summed E-state index contributed by atoms with van der Waals surface area (Å²) in [5.41, 5.74) is 3.33. The maximum atomic E-state index is 4.74. The van der Waals surface area contributed by atoms with Crippen LogP contribution in [0, 0.1) is 0 Å². The van der Waals surface area contributed by atoms with E-state index in [-0.39, 0.29) is 0 Å². The molecule has 0 aliphatic rings. The van der Waals surface area contributed by atoms with Crippen LogP contribution in [0.4, 0.5) is 5.82 Å². The van der Waals surface area contributed by atoms with E-state index >= 15 is 0 Å². The van der Waals surface area contributed by atoms with Gasteiger partial charge in [0.2, 0.25) is 0 Å². The van der Waals surface area contributed by atoms with Gasteiger partial charge in [-0.05, 0) is 30.4 Å². The van der Waals surface area contributed by atoms with E-state index < -0.39 is 0 Å². The van der Waals surface area contributed by atoms with Crippen LogP contribution in [0.5, 0.6) is 0 Å². The summed E-state index contributed by atoms with van der Waals surface area (Å²) < 4.78 is 0. The second-order valence-corrected chi connectivity index (χ2v) is 5.47. The van der Waals surface area contributed by atoms with E-state index in [1.54, 1.807) is 6.20 Å². The number of hydrogen-bond acceptors (Lipinski definition) is 4. The number of pyridine rings is 1. The fraction of sp³-hybridized carbons (Fsp3) is 0.471. The summed E-state index contributed by atoms with van der Waals surface area (Å²) in [6.45, 7) is 9.51. The molecule has 0 radical (unpaired) electrons. The second-order valence-electron chi connectivity index (χ2n) is 5.47. The Labute approximate surface area is 127 Å². The topological polar surface area (TPSA) is 50.7 Å². The van der Waals surface area contributed by atoms with Crippen LogP contribution in [0.25, 0.3) is 11.4 Å². The van der Waals surface area contributed by atoms with Gasteiger partial charge in [-0.1, -0.05) is 27.7 Å². The van der Waals surface area contributed by atoms with Gasteiger partial charge in [0.1, 0.15) is 5.82 Å².